The maximum atomic E-state index is 12.3. The number of carbonyl (C=O) groups excluding carboxylic acids is 1. The number of hydrogen-bond acceptors (Lipinski definition) is 11. The van der Waals surface area contributed by atoms with E-state index in [-0.39, 0.29) is 0 Å². The van der Waals surface area contributed by atoms with Crippen molar-refractivity contribution in [1.29, 1.82) is 0 Å². The first-order chi connectivity index (χ1) is 21.2. The van der Waals surface area contributed by atoms with E-state index in [1.165, 1.54) is 6.33 Å². The monoisotopic (exact) mass is 626 g/mol. The second kappa shape index (κ2) is 15.3. The van der Waals surface area contributed by atoms with E-state index in [1.807, 2.05) is 37.6 Å². The number of aliphatic carboxylic acids is 2. The van der Waals surface area contributed by atoms with E-state index in [0.29, 0.717) is 58.7 Å². The summed E-state index contributed by atoms with van der Waals surface area (Å²) in [5, 5.41) is 24.0. The van der Waals surface area contributed by atoms with Gasteiger partial charge in [-0.15, -0.1) is 0 Å². The van der Waals surface area contributed by atoms with Crippen molar-refractivity contribution in [3.05, 3.63) is 36.7 Å². The predicted octanol–water partition coefficient (Wildman–Crippen LogP) is 3.17. The van der Waals surface area contributed by atoms with Gasteiger partial charge < -0.3 is 35.2 Å². The first-order valence-electron chi connectivity index (χ1n) is 14.4. The quantitative estimate of drug-likeness (QED) is 0.253. The number of rotatable bonds is 9. The van der Waals surface area contributed by atoms with Crippen molar-refractivity contribution in [3.63, 3.8) is 0 Å². The molecule has 3 aromatic rings. The Kier molecular flexibility index (Phi) is 11.8. The Labute approximate surface area is 261 Å². The van der Waals surface area contributed by atoms with Crippen LogP contribution in [0.3, 0.4) is 0 Å². The minimum Gasteiger partial charge on any atom is -0.495 e. The largest absolute Gasteiger partial charge is 0.495 e. The number of benzene rings is 1. The normalized spacial score (nSPS) is 14.3. The molecule has 244 valence electrons. The molecule has 3 heterocycles. The molecule has 2 aromatic heterocycles. The molecule has 1 aliphatic heterocycles. The number of piperidine rings is 1. The standard InChI is InChI=1S/C26H38N8O3.C4H4O4/c1-26(2,3)37-25(35)30-19-8-7-17(15-20(19)36-6)22-21-23(27)28-16-29-24(21)34(31-22)14-13-33-11-9-18(10-12-33)32(4)5;5-3(6)1-2-4(7)8/h7-8,15-16,18H,9-14H2,1-6H3,(H,30,35)(H2,27,28,29);1-2H,(H,5,6)(H,7,8)/b;2-1+. The van der Waals surface area contributed by atoms with E-state index >= 15 is 0 Å². The lowest BCUT2D eigenvalue weighted by molar-refractivity contribution is -0.134. The molecule has 1 amide bonds. The van der Waals surface area contributed by atoms with Crippen molar-refractivity contribution < 1.29 is 34.1 Å². The Balaban J connectivity index is 0.000000610. The van der Waals surface area contributed by atoms with Gasteiger partial charge in [-0.05, 0) is 72.9 Å². The van der Waals surface area contributed by atoms with E-state index < -0.39 is 23.6 Å². The van der Waals surface area contributed by atoms with Crippen LogP contribution in [0.4, 0.5) is 16.3 Å². The lowest BCUT2D eigenvalue weighted by Gasteiger charge is -2.35. The van der Waals surface area contributed by atoms with Gasteiger partial charge >= 0.3 is 18.0 Å². The lowest BCUT2D eigenvalue weighted by Crippen LogP contribution is -2.42. The number of carboxylic acids is 2. The number of aromatic nitrogens is 4. The Hall–Kier alpha value is -4.76. The van der Waals surface area contributed by atoms with Crippen LogP contribution in [0.15, 0.2) is 36.7 Å². The molecule has 0 unspecified atom stereocenters. The van der Waals surface area contributed by atoms with Crippen molar-refractivity contribution in [2.75, 3.05) is 51.9 Å². The second-order valence-electron chi connectivity index (χ2n) is 11.6. The summed E-state index contributed by atoms with van der Waals surface area (Å²) >= 11 is 0. The van der Waals surface area contributed by atoms with Gasteiger partial charge in [-0.2, -0.15) is 5.10 Å². The Morgan fingerprint density at radius 3 is 2.29 bits per heavy atom. The van der Waals surface area contributed by atoms with Gasteiger partial charge in [-0.3, -0.25) is 5.32 Å². The van der Waals surface area contributed by atoms with Crippen molar-refractivity contribution >= 4 is 40.6 Å². The zero-order chi connectivity index (χ0) is 33.3. The first-order valence-corrected chi connectivity index (χ1v) is 14.4. The zero-order valence-corrected chi connectivity index (χ0v) is 26.5. The number of likely N-dealkylation sites (tertiary alicyclic amines) is 1. The molecule has 45 heavy (non-hydrogen) atoms. The number of methoxy groups -OCH3 is 1. The molecule has 0 aliphatic carbocycles. The minimum absolute atomic E-state index is 0.368. The number of anilines is 2. The summed E-state index contributed by atoms with van der Waals surface area (Å²) in [5.74, 6) is -1.67. The van der Waals surface area contributed by atoms with E-state index in [1.54, 1.807) is 13.2 Å². The highest BCUT2D eigenvalue weighted by atomic mass is 16.6. The van der Waals surface area contributed by atoms with Crippen LogP contribution in [0.25, 0.3) is 22.3 Å². The fraction of sp³-hybridized carbons (Fsp3) is 0.467. The summed E-state index contributed by atoms with van der Waals surface area (Å²) in [6, 6.07) is 6.08. The maximum absolute atomic E-state index is 12.3. The lowest BCUT2D eigenvalue weighted by atomic mass is 10.0. The number of hydrogen-bond donors (Lipinski definition) is 4. The highest BCUT2D eigenvalue weighted by Crippen LogP contribution is 2.35. The average Bonchev–Trinajstić information content (AvgIpc) is 3.34. The van der Waals surface area contributed by atoms with Crippen molar-refractivity contribution in [1.82, 2.24) is 29.5 Å². The molecular formula is C30H42N8O7. The number of ether oxygens (including phenoxy) is 2. The SMILES string of the molecule is COc1cc(-c2nn(CCN3CCC(N(C)C)CC3)c3ncnc(N)c23)ccc1NC(=O)OC(C)(C)C.O=C(O)/C=C/C(=O)O. The fourth-order valence-corrected chi connectivity index (χ4v) is 4.78. The predicted molar refractivity (Wildman–Crippen MR) is 169 cm³/mol. The summed E-state index contributed by atoms with van der Waals surface area (Å²) in [7, 11) is 5.85. The van der Waals surface area contributed by atoms with E-state index in [4.69, 9.17) is 30.5 Å². The molecule has 15 nitrogen and oxygen atoms in total. The zero-order valence-electron chi connectivity index (χ0n) is 26.5. The summed E-state index contributed by atoms with van der Waals surface area (Å²) in [4.78, 5) is 44.9. The van der Waals surface area contributed by atoms with E-state index in [2.05, 4.69) is 39.2 Å². The second-order valence-corrected chi connectivity index (χ2v) is 11.6. The third kappa shape index (κ3) is 10.1. The van der Waals surface area contributed by atoms with Crippen molar-refractivity contribution in [2.45, 2.75) is 51.8 Å². The van der Waals surface area contributed by atoms with Crippen LogP contribution >= 0.6 is 0 Å². The fourth-order valence-electron chi connectivity index (χ4n) is 4.78. The number of nitrogens with one attached hydrogen (secondary N) is 1. The number of nitrogen functional groups attached to an aromatic ring is 1. The summed E-state index contributed by atoms with van der Waals surface area (Å²) < 4.78 is 12.8. The molecule has 5 N–H and O–H groups in total. The Morgan fingerprint density at radius 2 is 1.73 bits per heavy atom. The average molecular weight is 627 g/mol. The molecule has 15 heteroatoms. The van der Waals surface area contributed by atoms with Gasteiger partial charge in [0.15, 0.2) is 5.65 Å². The van der Waals surface area contributed by atoms with Gasteiger partial charge in [0.1, 0.15) is 29.2 Å². The molecule has 0 spiro atoms. The van der Waals surface area contributed by atoms with Gasteiger partial charge in [-0.1, -0.05) is 6.07 Å². The number of nitrogens with zero attached hydrogens (tertiary/aromatic N) is 6. The third-order valence-corrected chi connectivity index (χ3v) is 6.95. The molecule has 0 atom stereocenters. The van der Waals surface area contributed by atoms with E-state index in [0.717, 1.165) is 38.0 Å². The van der Waals surface area contributed by atoms with Gasteiger partial charge in [0.25, 0.3) is 0 Å². The molecular weight excluding hydrogens is 584 g/mol. The summed E-state index contributed by atoms with van der Waals surface area (Å²) in [6.45, 7) is 9.13. The first kappa shape index (κ1) is 34.7. The van der Waals surface area contributed by atoms with Crippen LogP contribution in [0.1, 0.15) is 33.6 Å². The van der Waals surface area contributed by atoms with Gasteiger partial charge in [0.05, 0.1) is 24.7 Å². The minimum atomic E-state index is -1.26. The molecule has 1 aliphatic rings. The third-order valence-electron chi connectivity index (χ3n) is 6.95. The summed E-state index contributed by atoms with van der Waals surface area (Å²) in [5.41, 5.74) is 8.32. The van der Waals surface area contributed by atoms with Gasteiger partial charge in [0.2, 0.25) is 0 Å². The van der Waals surface area contributed by atoms with Crippen LogP contribution in [-0.2, 0) is 20.9 Å². The molecule has 0 saturated carbocycles. The van der Waals surface area contributed by atoms with Crippen LogP contribution in [0.2, 0.25) is 0 Å². The number of amides is 1. The molecule has 1 aromatic carbocycles. The highest BCUT2D eigenvalue weighted by Gasteiger charge is 2.23. The molecule has 0 radical (unpaired) electrons. The molecule has 1 saturated heterocycles. The highest BCUT2D eigenvalue weighted by molar-refractivity contribution is 5.99. The molecule has 0 bridgehead atoms. The van der Waals surface area contributed by atoms with Gasteiger partial charge in [-0.25, -0.2) is 29.0 Å². The van der Waals surface area contributed by atoms with Crippen LogP contribution < -0.4 is 15.8 Å². The number of carbonyl (C=O) groups is 3. The van der Waals surface area contributed by atoms with Crippen molar-refractivity contribution in [3.8, 4) is 17.0 Å². The molecule has 4 rings (SSSR count). The smallest absolute Gasteiger partial charge is 0.412 e. The Bertz CT molecular complexity index is 1510. The Morgan fingerprint density at radius 1 is 1.09 bits per heavy atom. The van der Waals surface area contributed by atoms with Crippen LogP contribution in [-0.4, -0.2) is 110 Å². The van der Waals surface area contributed by atoms with Crippen LogP contribution in [0, 0.1) is 0 Å². The number of nitrogens with two attached hydrogens (primary N) is 1. The molecule has 1 fully saturated rings. The van der Waals surface area contributed by atoms with Crippen LogP contribution in [0.5, 0.6) is 5.75 Å². The van der Waals surface area contributed by atoms with Crippen molar-refractivity contribution in [2.24, 2.45) is 0 Å². The maximum Gasteiger partial charge on any atom is 0.412 e. The topological polar surface area (TPSA) is 198 Å². The summed E-state index contributed by atoms with van der Waals surface area (Å²) in [6.07, 6.45) is 4.36. The number of carboxylic acid groups (broad SMARTS) is 2. The van der Waals surface area contributed by atoms with Gasteiger partial charge in [0, 0.05) is 30.3 Å². The number of fused-ring (bicyclic) bond motifs is 1. The van der Waals surface area contributed by atoms with E-state index in [9.17, 15) is 14.4 Å².